The Bertz CT molecular complexity index is 990. The smallest absolute Gasteiger partial charge is 0.344 e. The van der Waals surface area contributed by atoms with Gasteiger partial charge in [0.05, 0.1) is 48.6 Å². The van der Waals surface area contributed by atoms with Crippen molar-refractivity contribution in [2.45, 2.75) is 25.3 Å². The van der Waals surface area contributed by atoms with Crippen LogP contribution in [-0.4, -0.2) is 79.7 Å². The van der Waals surface area contributed by atoms with Crippen molar-refractivity contribution in [2.24, 2.45) is 0 Å². The van der Waals surface area contributed by atoms with Crippen molar-refractivity contribution in [3.63, 3.8) is 0 Å². The van der Waals surface area contributed by atoms with Gasteiger partial charge in [-0.25, -0.2) is 14.4 Å². The Labute approximate surface area is 184 Å². The summed E-state index contributed by atoms with van der Waals surface area (Å²) in [4.78, 5) is 36.0. The zero-order chi connectivity index (χ0) is 23.8. The number of hydrogen-bond acceptors (Lipinski definition) is 7. The van der Waals surface area contributed by atoms with Gasteiger partial charge in [-0.15, -0.1) is 0 Å². The molecule has 14 heteroatoms. The van der Waals surface area contributed by atoms with Gasteiger partial charge in [-0.1, -0.05) is 36.4 Å². The molecule has 0 unspecified atom stereocenters. The maximum absolute atomic E-state index is 12.6. The third-order valence-corrected chi connectivity index (χ3v) is 4.83. The Morgan fingerprint density at radius 1 is 0.871 bits per heavy atom. The largest absolute Gasteiger partial charge is 0.478 e. The van der Waals surface area contributed by atoms with Gasteiger partial charge >= 0.3 is 17.9 Å². The topological polar surface area (TPSA) is 144 Å². The summed E-state index contributed by atoms with van der Waals surface area (Å²) in [6, 6.07) is 0. The summed E-state index contributed by atoms with van der Waals surface area (Å²) in [7, 11) is 18.6. The highest BCUT2D eigenvalue weighted by Crippen LogP contribution is 2.30. The third-order valence-electron chi connectivity index (χ3n) is 4.15. The van der Waals surface area contributed by atoms with Crippen LogP contribution < -0.4 is 0 Å². The van der Waals surface area contributed by atoms with E-state index in [1.54, 1.807) is 0 Å². The van der Waals surface area contributed by atoms with Gasteiger partial charge in [-0.05, 0) is 11.1 Å². The molecule has 1 aromatic carbocycles. The van der Waals surface area contributed by atoms with Crippen LogP contribution in [-0.2, 0) is 49.7 Å². The molecule has 0 amide bonds. The lowest BCUT2D eigenvalue weighted by atomic mass is 9.72. The van der Waals surface area contributed by atoms with Crippen LogP contribution in [0.3, 0.4) is 0 Å². The first kappa shape index (κ1) is 26.6. The number of carbonyl (C=O) groups excluding carboxylic acids is 2. The standard InChI is InChI=1S/C17H16B4O9S/c18-5-9-10(6-19)12(8-21)15(14(16(23)24)11(9)7-20)17(25)30-2-1-13(22)29-3-4-31(26,27)28/h1-2H,3-8H2,(H,23,24)(H,26,27,28)/b2-1+. The highest BCUT2D eigenvalue weighted by atomic mass is 32.2. The molecule has 1 aromatic rings. The fourth-order valence-electron chi connectivity index (χ4n) is 2.88. The Morgan fingerprint density at radius 3 is 1.77 bits per heavy atom. The SMILES string of the molecule is [B]Cc1c(C[B])c(C[B])c(C(=O)O/C=C/C(=O)OCCS(=O)(=O)O)c(C(=O)O)c1C[B]. The van der Waals surface area contributed by atoms with E-state index in [1.807, 2.05) is 0 Å². The second kappa shape index (κ2) is 11.8. The lowest BCUT2D eigenvalue weighted by Crippen LogP contribution is -2.21. The molecular formula is C17H16B4O9S. The van der Waals surface area contributed by atoms with Crippen LogP contribution in [0.25, 0.3) is 0 Å². The van der Waals surface area contributed by atoms with E-state index in [4.69, 9.17) is 40.7 Å². The number of esters is 2. The van der Waals surface area contributed by atoms with E-state index in [1.165, 1.54) is 0 Å². The minimum absolute atomic E-state index is 0.0863. The number of carbonyl (C=O) groups is 3. The van der Waals surface area contributed by atoms with Crippen molar-refractivity contribution in [3.05, 3.63) is 45.7 Å². The molecule has 8 radical (unpaired) electrons. The average Bonchev–Trinajstić information content (AvgIpc) is 2.69. The summed E-state index contributed by atoms with van der Waals surface area (Å²) < 4.78 is 39.0. The molecule has 0 aliphatic heterocycles. The van der Waals surface area contributed by atoms with Crippen LogP contribution in [0.4, 0.5) is 0 Å². The number of aromatic carboxylic acids is 1. The van der Waals surface area contributed by atoms with Crippen LogP contribution in [0.5, 0.6) is 0 Å². The average molecular weight is 440 g/mol. The number of carboxylic acid groups (broad SMARTS) is 1. The molecule has 0 heterocycles. The molecule has 1 rings (SSSR count). The van der Waals surface area contributed by atoms with Gasteiger partial charge in [-0.2, -0.15) is 8.42 Å². The lowest BCUT2D eigenvalue weighted by molar-refractivity contribution is -0.137. The van der Waals surface area contributed by atoms with E-state index < -0.39 is 45.9 Å². The van der Waals surface area contributed by atoms with E-state index in [9.17, 15) is 27.9 Å². The van der Waals surface area contributed by atoms with Crippen LogP contribution in [0, 0.1) is 0 Å². The number of benzene rings is 1. The van der Waals surface area contributed by atoms with Crippen LogP contribution in [0.2, 0.25) is 0 Å². The molecule has 156 valence electrons. The van der Waals surface area contributed by atoms with Crippen LogP contribution in [0.1, 0.15) is 43.0 Å². The number of ether oxygens (including phenoxy) is 2. The van der Waals surface area contributed by atoms with E-state index in [0.29, 0.717) is 23.5 Å². The summed E-state index contributed by atoms with van der Waals surface area (Å²) >= 11 is 0. The zero-order valence-electron chi connectivity index (χ0n) is 16.4. The normalized spacial score (nSPS) is 11.4. The van der Waals surface area contributed by atoms with Crippen molar-refractivity contribution in [1.29, 1.82) is 0 Å². The van der Waals surface area contributed by atoms with E-state index in [2.05, 4.69) is 4.74 Å². The first-order chi connectivity index (χ1) is 14.5. The fourth-order valence-corrected chi connectivity index (χ4v) is 3.17. The summed E-state index contributed by atoms with van der Waals surface area (Å²) in [5.74, 6) is -4.50. The number of hydrogen-bond donors (Lipinski definition) is 2. The van der Waals surface area contributed by atoms with Crippen molar-refractivity contribution >= 4 is 59.4 Å². The number of carboxylic acids is 1. The van der Waals surface area contributed by atoms with Gasteiger partial charge in [0.1, 0.15) is 18.6 Å². The van der Waals surface area contributed by atoms with E-state index in [-0.39, 0.29) is 42.0 Å². The molecule has 0 fully saturated rings. The predicted octanol–water partition coefficient (Wildman–Crippen LogP) is -0.840. The van der Waals surface area contributed by atoms with Gasteiger partial charge in [0.15, 0.2) is 0 Å². The number of rotatable bonds is 11. The maximum atomic E-state index is 12.6. The summed E-state index contributed by atoms with van der Waals surface area (Å²) in [6.45, 7) is -0.628. The van der Waals surface area contributed by atoms with E-state index >= 15 is 0 Å². The zero-order valence-corrected chi connectivity index (χ0v) is 17.2. The van der Waals surface area contributed by atoms with Gasteiger partial charge in [0, 0.05) is 0 Å². The molecule has 0 aliphatic carbocycles. The van der Waals surface area contributed by atoms with Crippen LogP contribution in [0.15, 0.2) is 12.3 Å². The molecule has 0 saturated heterocycles. The monoisotopic (exact) mass is 440 g/mol. The van der Waals surface area contributed by atoms with Crippen molar-refractivity contribution in [2.75, 3.05) is 12.4 Å². The minimum Gasteiger partial charge on any atom is -0.478 e. The maximum Gasteiger partial charge on any atom is 0.344 e. The Morgan fingerprint density at radius 2 is 1.35 bits per heavy atom. The lowest BCUT2D eigenvalue weighted by Gasteiger charge is -2.23. The Kier molecular flexibility index (Phi) is 10.1. The molecule has 0 atom stereocenters. The summed E-state index contributed by atoms with van der Waals surface area (Å²) in [5.41, 5.74) is 0.153. The first-order valence-corrected chi connectivity index (χ1v) is 10.4. The second-order valence-corrected chi connectivity index (χ2v) is 7.52. The molecule has 2 N–H and O–H groups in total. The first-order valence-electron chi connectivity index (χ1n) is 8.74. The second-order valence-electron chi connectivity index (χ2n) is 5.95. The van der Waals surface area contributed by atoms with Gasteiger partial charge in [0.25, 0.3) is 10.1 Å². The Hall–Kier alpha value is -2.46. The minimum atomic E-state index is -4.31. The quantitative estimate of drug-likeness (QED) is 0.148. The molecular weight excluding hydrogens is 423 g/mol. The predicted molar refractivity (Wildman–Crippen MR) is 113 cm³/mol. The molecule has 31 heavy (non-hydrogen) atoms. The molecule has 0 bridgehead atoms. The van der Waals surface area contributed by atoms with Gasteiger partial charge < -0.3 is 14.6 Å². The third kappa shape index (κ3) is 7.03. The van der Waals surface area contributed by atoms with Crippen molar-refractivity contribution in [1.82, 2.24) is 0 Å². The fraction of sp³-hybridized carbons (Fsp3) is 0.353. The molecule has 0 aliphatic rings. The summed E-state index contributed by atoms with van der Waals surface area (Å²) in [5, 5.41) is 9.67. The van der Waals surface area contributed by atoms with Gasteiger partial charge in [-0.3, -0.25) is 4.55 Å². The highest BCUT2D eigenvalue weighted by Gasteiger charge is 2.28. The Balaban J connectivity index is 3.27. The molecule has 9 nitrogen and oxygen atoms in total. The van der Waals surface area contributed by atoms with E-state index in [0.717, 1.165) is 0 Å². The molecule has 0 aromatic heterocycles. The summed E-state index contributed by atoms with van der Waals surface area (Å²) in [6.07, 6.45) is 0.607. The van der Waals surface area contributed by atoms with Crippen molar-refractivity contribution < 1.29 is 41.9 Å². The highest BCUT2D eigenvalue weighted by molar-refractivity contribution is 7.85. The molecule has 0 saturated carbocycles. The van der Waals surface area contributed by atoms with Gasteiger partial charge in [0.2, 0.25) is 0 Å². The molecule has 0 spiro atoms. The van der Waals surface area contributed by atoms with Crippen LogP contribution >= 0.6 is 0 Å². The van der Waals surface area contributed by atoms with Crippen molar-refractivity contribution in [3.8, 4) is 0 Å².